The van der Waals surface area contributed by atoms with E-state index in [0.29, 0.717) is 71.5 Å². The van der Waals surface area contributed by atoms with Gasteiger partial charge < -0.3 is 29.0 Å². The van der Waals surface area contributed by atoms with Crippen LogP contribution in [0.15, 0.2) is 18.2 Å². The van der Waals surface area contributed by atoms with Gasteiger partial charge in [-0.25, -0.2) is 0 Å². The van der Waals surface area contributed by atoms with Crippen LogP contribution in [0.25, 0.3) is 0 Å². The molecule has 1 aromatic rings. The molecule has 3 rings (SSSR count). The molecule has 1 aromatic carbocycles. The second-order valence-corrected chi connectivity index (χ2v) is 9.02. The number of hydrogen-bond donors (Lipinski definition) is 2. The highest BCUT2D eigenvalue weighted by Crippen LogP contribution is 2.32. The summed E-state index contributed by atoms with van der Waals surface area (Å²) in [7, 11) is 0. The minimum Gasteiger partial charge on any atom is -0.463 e. The number of carbonyl (C=O) groups is 5. The molecule has 220 valence electrons. The maximum absolute atomic E-state index is 13.1. The van der Waals surface area contributed by atoms with Crippen molar-refractivity contribution in [2.75, 3.05) is 71.3 Å². The first-order valence-electron chi connectivity index (χ1n) is 13.5. The lowest BCUT2D eigenvalue weighted by molar-refractivity contribution is -0.145. The van der Waals surface area contributed by atoms with Crippen molar-refractivity contribution in [3.8, 4) is 0 Å². The van der Waals surface area contributed by atoms with Crippen molar-refractivity contribution in [2.24, 2.45) is 0 Å². The Morgan fingerprint density at radius 1 is 0.900 bits per heavy atom. The van der Waals surface area contributed by atoms with Gasteiger partial charge in [-0.1, -0.05) is 13.0 Å². The van der Waals surface area contributed by atoms with Gasteiger partial charge in [0, 0.05) is 25.1 Å². The molecule has 1 saturated heterocycles. The Balaban J connectivity index is 1.23. The highest BCUT2D eigenvalue weighted by atomic mass is 16.6. The van der Waals surface area contributed by atoms with Crippen LogP contribution < -0.4 is 10.6 Å². The molecule has 0 bridgehead atoms. The fourth-order valence-corrected chi connectivity index (χ4v) is 4.17. The van der Waals surface area contributed by atoms with Gasteiger partial charge in [0.2, 0.25) is 11.8 Å². The standard InChI is InChI=1S/C27H37N3O10/c1-2-4-23(32)40-18-17-39-16-15-38-14-13-37-12-11-36-10-9-28-20-6-3-5-19-24(20)27(35)30(26(19)34)21-7-8-22(31)29-25(21)33/h3,5-6,21,28H,2,4,7-18H2,1H3,(H,29,31,33). The smallest absolute Gasteiger partial charge is 0.305 e. The van der Waals surface area contributed by atoms with Crippen molar-refractivity contribution in [3.63, 3.8) is 0 Å². The molecule has 1 fully saturated rings. The summed E-state index contributed by atoms with van der Waals surface area (Å²) in [6.45, 7) is 5.62. The number of fused-ring (bicyclic) bond motifs is 1. The lowest BCUT2D eigenvalue weighted by atomic mass is 10.0. The van der Waals surface area contributed by atoms with Gasteiger partial charge in [-0.15, -0.1) is 0 Å². The number of rotatable bonds is 19. The maximum Gasteiger partial charge on any atom is 0.305 e. The molecule has 4 amide bonds. The average molecular weight is 564 g/mol. The molecular weight excluding hydrogens is 526 g/mol. The Morgan fingerprint density at radius 3 is 2.15 bits per heavy atom. The van der Waals surface area contributed by atoms with E-state index in [4.69, 9.17) is 23.7 Å². The van der Waals surface area contributed by atoms with E-state index in [1.807, 2.05) is 6.92 Å². The molecule has 2 N–H and O–H groups in total. The van der Waals surface area contributed by atoms with Crippen molar-refractivity contribution in [1.82, 2.24) is 10.2 Å². The summed E-state index contributed by atoms with van der Waals surface area (Å²) >= 11 is 0. The number of piperidine rings is 1. The first-order chi connectivity index (χ1) is 19.4. The van der Waals surface area contributed by atoms with Crippen LogP contribution in [-0.2, 0) is 38.1 Å². The predicted octanol–water partition coefficient (Wildman–Crippen LogP) is 0.909. The van der Waals surface area contributed by atoms with Gasteiger partial charge in [0.25, 0.3) is 11.8 Å². The van der Waals surface area contributed by atoms with Crippen molar-refractivity contribution >= 4 is 35.3 Å². The third-order valence-corrected chi connectivity index (χ3v) is 6.09. The Morgan fingerprint density at radius 2 is 1.52 bits per heavy atom. The second-order valence-electron chi connectivity index (χ2n) is 9.02. The third kappa shape index (κ3) is 9.08. The van der Waals surface area contributed by atoms with Crippen LogP contribution in [0.2, 0.25) is 0 Å². The van der Waals surface area contributed by atoms with Crippen LogP contribution in [0.3, 0.4) is 0 Å². The lowest BCUT2D eigenvalue weighted by Crippen LogP contribution is -2.54. The molecule has 0 aliphatic carbocycles. The molecule has 2 aliphatic rings. The van der Waals surface area contributed by atoms with Crippen LogP contribution in [0.1, 0.15) is 53.3 Å². The number of anilines is 1. The number of amides is 4. The summed E-state index contributed by atoms with van der Waals surface area (Å²) in [6, 6.07) is 3.89. The van der Waals surface area contributed by atoms with E-state index in [9.17, 15) is 24.0 Å². The SMILES string of the molecule is CCCC(=O)OCCOCCOCCOCCOCCNc1cccc2c1C(=O)N(C1CCC(=O)NC1=O)C2=O. The zero-order chi connectivity index (χ0) is 28.7. The zero-order valence-electron chi connectivity index (χ0n) is 22.7. The quantitative estimate of drug-likeness (QED) is 0.140. The topological polar surface area (TPSA) is 159 Å². The summed E-state index contributed by atoms with van der Waals surface area (Å²) in [5, 5.41) is 5.30. The normalized spacial score (nSPS) is 16.7. The molecule has 40 heavy (non-hydrogen) atoms. The predicted molar refractivity (Wildman–Crippen MR) is 141 cm³/mol. The summed E-state index contributed by atoms with van der Waals surface area (Å²) in [6.07, 6.45) is 1.35. The van der Waals surface area contributed by atoms with Gasteiger partial charge in [-0.2, -0.15) is 0 Å². The molecule has 1 atom stereocenters. The summed E-state index contributed by atoms with van der Waals surface area (Å²) < 4.78 is 26.7. The highest BCUT2D eigenvalue weighted by molar-refractivity contribution is 6.25. The van der Waals surface area contributed by atoms with E-state index in [2.05, 4.69) is 10.6 Å². The van der Waals surface area contributed by atoms with E-state index in [1.165, 1.54) is 0 Å². The number of hydrogen-bond acceptors (Lipinski definition) is 11. The molecular formula is C27H37N3O10. The molecule has 1 unspecified atom stereocenters. The van der Waals surface area contributed by atoms with Gasteiger partial charge in [-0.3, -0.25) is 34.2 Å². The van der Waals surface area contributed by atoms with Gasteiger partial charge in [-0.05, 0) is 25.0 Å². The first-order valence-corrected chi connectivity index (χ1v) is 13.5. The van der Waals surface area contributed by atoms with E-state index in [1.54, 1.807) is 18.2 Å². The van der Waals surface area contributed by atoms with E-state index >= 15 is 0 Å². The fourth-order valence-electron chi connectivity index (χ4n) is 4.17. The van der Waals surface area contributed by atoms with Crippen molar-refractivity contribution in [2.45, 2.75) is 38.6 Å². The Kier molecular flexibility index (Phi) is 13.0. The van der Waals surface area contributed by atoms with E-state index in [0.717, 1.165) is 11.3 Å². The van der Waals surface area contributed by atoms with Gasteiger partial charge in [0.05, 0.1) is 64.0 Å². The highest BCUT2D eigenvalue weighted by Gasteiger charge is 2.45. The number of benzene rings is 1. The third-order valence-electron chi connectivity index (χ3n) is 6.09. The number of nitrogens with one attached hydrogen (secondary N) is 2. The molecule has 0 aromatic heterocycles. The molecule has 13 heteroatoms. The molecule has 0 radical (unpaired) electrons. The van der Waals surface area contributed by atoms with Crippen LogP contribution in [0.4, 0.5) is 5.69 Å². The number of nitrogens with zero attached hydrogens (tertiary/aromatic N) is 1. The zero-order valence-corrected chi connectivity index (χ0v) is 22.7. The van der Waals surface area contributed by atoms with Crippen molar-refractivity contribution in [1.29, 1.82) is 0 Å². The first kappa shape index (κ1) is 31.1. The monoisotopic (exact) mass is 563 g/mol. The minimum atomic E-state index is -1.01. The van der Waals surface area contributed by atoms with E-state index < -0.39 is 29.7 Å². The van der Waals surface area contributed by atoms with Crippen LogP contribution in [0.5, 0.6) is 0 Å². The Labute approximate surface area is 232 Å². The average Bonchev–Trinajstić information content (AvgIpc) is 3.18. The molecule has 2 heterocycles. The lowest BCUT2D eigenvalue weighted by Gasteiger charge is -2.27. The van der Waals surface area contributed by atoms with Crippen LogP contribution in [0, 0.1) is 0 Å². The summed E-state index contributed by atoms with van der Waals surface area (Å²) in [5.74, 6) is -2.38. The molecule has 0 spiro atoms. The second kappa shape index (κ2) is 16.7. The maximum atomic E-state index is 13.1. The number of imide groups is 2. The number of esters is 1. The van der Waals surface area contributed by atoms with Crippen LogP contribution in [-0.4, -0.2) is 107 Å². The summed E-state index contributed by atoms with van der Waals surface area (Å²) in [4.78, 5) is 61.8. The minimum absolute atomic E-state index is 0.0678. The number of ether oxygens (including phenoxy) is 5. The van der Waals surface area contributed by atoms with Crippen molar-refractivity contribution in [3.05, 3.63) is 29.3 Å². The Hall–Kier alpha value is -3.39. The summed E-state index contributed by atoms with van der Waals surface area (Å²) in [5.41, 5.74) is 0.904. The fraction of sp³-hybridized carbons (Fsp3) is 0.593. The van der Waals surface area contributed by atoms with Gasteiger partial charge >= 0.3 is 5.97 Å². The van der Waals surface area contributed by atoms with Gasteiger partial charge in [0.15, 0.2) is 0 Å². The molecule has 2 aliphatic heterocycles. The largest absolute Gasteiger partial charge is 0.463 e. The van der Waals surface area contributed by atoms with Crippen molar-refractivity contribution < 1.29 is 47.7 Å². The Bertz CT molecular complexity index is 1050. The van der Waals surface area contributed by atoms with E-state index in [-0.39, 0.29) is 36.5 Å². The molecule has 0 saturated carbocycles. The number of carbonyl (C=O) groups excluding carboxylic acids is 5. The van der Waals surface area contributed by atoms with Crippen LogP contribution >= 0.6 is 0 Å². The van der Waals surface area contributed by atoms with Gasteiger partial charge in [0.1, 0.15) is 12.6 Å². The molecule has 13 nitrogen and oxygen atoms in total.